The lowest BCUT2D eigenvalue weighted by Crippen LogP contribution is -2.35. The first-order valence-corrected chi connectivity index (χ1v) is 10.1. The van der Waals surface area contributed by atoms with E-state index in [0.717, 1.165) is 67.7 Å². The number of hydrogen-bond donors (Lipinski definition) is 1. The summed E-state index contributed by atoms with van der Waals surface area (Å²) < 4.78 is 5.42. The van der Waals surface area contributed by atoms with Gasteiger partial charge < -0.3 is 10.1 Å². The van der Waals surface area contributed by atoms with Crippen LogP contribution in [-0.2, 0) is 16.1 Å². The van der Waals surface area contributed by atoms with Crippen LogP contribution < -0.4 is 5.32 Å². The van der Waals surface area contributed by atoms with Crippen molar-refractivity contribution in [3.63, 3.8) is 0 Å². The van der Waals surface area contributed by atoms with Gasteiger partial charge in [0, 0.05) is 60.7 Å². The van der Waals surface area contributed by atoms with Gasteiger partial charge in [-0.3, -0.25) is 19.7 Å². The molecule has 4 heterocycles. The fourth-order valence-corrected chi connectivity index (χ4v) is 3.58. The molecule has 1 saturated carbocycles. The van der Waals surface area contributed by atoms with E-state index in [1.54, 1.807) is 6.20 Å². The minimum absolute atomic E-state index is 0.0565. The number of carbonyl (C=O) groups is 1. The highest BCUT2D eigenvalue weighted by Crippen LogP contribution is 2.30. The van der Waals surface area contributed by atoms with Crippen LogP contribution in [0.5, 0.6) is 0 Å². The van der Waals surface area contributed by atoms with Crippen molar-refractivity contribution in [2.24, 2.45) is 5.92 Å². The molecule has 148 valence electrons. The van der Waals surface area contributed by atoms with Crippen LogP contribution in [0.2, 0.25) is 0 Å². The van der Waals surface area contributed by atoms with Gasteiger partial charge in [0.1, 0.15) is 5.82 Å². The topological polar surface area (TPSA) is 80.2 Å². The molecule has 1 saturated heterocycles. The number of ether oxygens (including phenoxy) is 1. The van der Waals surface area contributed by atoms with Gasteiger partial charge in [-0.25, -0.2) is 4.98 Å². The van der Waals surface area contributed by atoms with Crippen LogP contribution in [0, 0.1) is 5.92 Å². The number of morpholine rings is 1. The lowest BCUT2D eigenvalue weighted by atomic mass is 10.1. The van der Waals surface area contributed by atoms with Crippen molar-refractivity contribution in [1.29, 1.82) is 0 Å². The molecular formula is C22H23N5O2. The van der Waals surface area contributed by atoms with Gasteiger partial charge in [0.15, 0.2) is 0 Å². The Bertz CT molecular complexity index is 1040. The molecule has 0 unspecified atom stereocenters. The average Bonchev–Trinajstić information content (AvgIpc) is 3.60. The summed E-state index contributed by atoms with van der Waals surface area (Å²) >= 11 is 0. The summed E-state index contributed by atoms with van der Waals surface area (Å²) in [6.07, 6.45) is 9.28. The molecule has 3 aromatic heterocycles. The fourth-order valence-electron chi connectivity index (χ4n) is 3.58. The number of nitrogens with one attached hydrogen (secondary N) is 1. The molecule has 0 radical (unpaired) electrons. The Morgan fingerprint density at radius 2 is 1.86 bits per heavy atom. The number of nitrogens with zero attached hydrogens (tertiary/aromatic N) is 4. The number of rotatable bonds is 5. The molecule has 1 aliphatic heterocycles. The zero-order valence-corrected chi connectivity index (χ0v) is 16.2. The maximum Gasteiger partial charge on any atom is 0.228 e. The van der Waals surface area contributed by atoms with Crippen LogP contribution in [0.1, 0.15) is 18.4 Å². The molecule has 1 amide bonds. The number of anilines is 1. The molecule has 0 atom stereocenters. The van der Waals surface area contributed by atoms with Crippen molar-refractivity contribution in [2.75, 3.05) is 31.6 Å². The van der Waals surface area contributed by atoms with E-state index < -0.39 is 0 Å². The van der Waals surface area contributed by atoms with Crippen molar-refractivity contribution in [3.05, 3.63) is 48.5 Å². The largest absolute Gasteiger partial charge is 0.379 e. The third-order valence-electron chi connectivity index (χ3n) is 5.41. The van der Waals surface area contributed by atoms with Crippen molar-refractivity contribution in [3.8, 4) is 11.1 Å². The highest BCUT2D eigenvalue weighted by Gasteiger charge is 2.29. The second-order valence-corrected chi connectivity index (χ2v) is 7.72. The van der Waals surface area contributed by atoms with Gasteiger partial charge in [0.25, 0.3) is 0 Å². The van der Waals surface area contributed by atoms with Crippen LogP contribution >= 0.6 is 0 Å². The Kier molecular flexibility index (Phi) is 4.91. The summed E-state index contributed by atoms with van der Waals surface area (Å²) in [6.45, 7) is 4.34. The van der Waals surface area contributed by atoms with E-state index in [9.17, 15) is 4.79 Å². The van der Waals surface area contributed by atoms with Crippen molar-refractivity contribution in [2.45, 2.75) is 19.4 Å². The van der Waals surface area contributed by atoms with E-state index >= 15 is 0 Å². The predicted molar refractivity (Wildman–Crippen MR) is 110 cm³/mol. The maximum atomic E-state index is 12.0. The van der Waals surface area contributed by atoms with Crippen molar-refractivity contribution in [1.82, 2.24) is 19.9 Å². The molecule has 29 heavy (non-hydrogen) atoms. The SMILES string of the molecule is O=C(Nc1cc2cc(-c3cncc(CN4CCOCC4)c3)cnc2cn1)C1CC1. The molecule has 3 aromatic rings. The maximum absolute atomic E-state index is 12.0. The van der Waals surface area contributed by atoms with Crippen LogP contribution in [-0.4, -0.2) is 52.1 Å². The molecular weight excluding hydrogens is 366 g/mol. The molecule has 1 N–H and O–H groups in total. The summed E-state index contributed by atoms with van der Waals surface area (Å²) in [7, 11) is 0. The second kappa shape index (κ2) is 7.85. The van der Waals surface area contributed by atoms with Gasteiger partial charge in [0.2, 0.25) is 5.91 Å². The highest BCUT2D eigenvalue weighted by molar-refractivity contribution is 5.95. The first-order chi connectivity index (χ1) is 14.2. The monoisotopic (exact) mass is 389 g/mol. The van der Waals surface area contributed by atoms with Crippen LogP contribution in [0.15, 0.2) is 43.0 Å². The molecule has 7 nitrogen and oxygen atoms in total. The lowest BCUT2D eigenvalue weighted by Gasteiger charge is -2.26. The van der Waals surface area contributed by atoms with Crippen molar-refractivity contribution >= 4 is 22.6 Å². The lowest BCUT2D eigenvalue weighted by molar-refractivity contribution is -0.117. The third-order valence-corrected chi connectivity index (χ3v) is 5.41. The molecule has 1 aliphatic carbocycles. The van der Waals surface area contributed by atoms with Gasteiger partial charge in [-0.2, -0.15) is 0 Å². The number of amides is 1. The molecule has 0 bridgehead atoms. The summed E-state index contributed by atoms with van der Waals surface area (Å²) in [5.41, 5.74) is 4.01. The second-order valence-electron chi connectivity index (χ2n) is 7.72. The third kappa shape index (κ3) is 4.26. The van der Waals surface area contributed by atoms with Gasteiger partial charge in [-0.05, 0) is 36.6 Å². The van der Waals surface area contributed by atoms with Gasteiger partial charge in [-0.15, -0.1) is 0 Å². The minimum Gasteiger partial charge on any atom is -0.379 e. The van der Waals surface area contributed by atoms with Crippen molar-refractivity contribution < 1.29 is 9.53 Å². The summed E-state index contributed by atoms with van der Waals surface area (Å²) in [5, 5.41) is 3.85. The molecule has 0 aromatic carbocycles. The molecule has 5 rings (SSSR count). The molecule has 0 spiro atoms. The minimum atomic E-state index is 0.0565. The molecule has 7 heteroatoms. The fraction of sp³-hybridized carbons (Fsp3) is 0.364. The Hall–Kier alpha value is -2.90. The number of fused-ring (bicyclic) bond motifs is 1. The standard InChI is InChI=1S/C22H23N5O2/c28-22(16-1-2-16)26-21-9-17-8-19(12-24-20(17)13-25-21)18-7-15(10-23-11-18)14-27-3-5-29-6-4-27/h7-13,16H,1-6,14H2,(H,25,26,28). The summed E-state index contributed by atoms with van der Waals surface area (Å²) in [4.78, 5) is 27.7. The predicted octanol–water partition coefficient (Wildman–Crippen LogP) is 2.87. The van der Waals surface area contributed by atoms with E-state index in [2.05, 4.69) is 37.3 Å². The van der Waals surface area contributed by atoms with E-state index in [1.165, 1.54) is 5.56 Å². The normalized spacial score (nSPS) is 17.4. The number of aromatic nitrogens is 3. The van der Waals surface area contributed by atoms with Crippen LogP contribution in [0.25, 0.3) is 22.0 Å². The smallest absolute Gasteiger partial charge is 0.228 e. The van der Waals surface area contributed by atoms with Crippen LogP contribution in [0.3, 0.4) is 0 Å². The number of carbonyl (C=O) groups excluding carboxylic acids is 1. The average molecular weight is 389 g/mol. The Morgan fingerprint density at radius 3 is 2.69 bits per heavy atom. The van der Waals surface area contributed by atoms with E-state index in [1.807, 2.05) is 24.7 Å². The first kappa shape index (κ1) is 18.1. The van der Waals surface area contributed by atoms with Gasteiger partial charge in [0.05, 0.1) is 24.9 Å². The molecule has 2 aliphatic rings. The Labute approximate surface area is 169 Å². The van der Waals surface area contributed by atoms with Crippen LogP contribution in [0.4, 0.5) is 5.82 Å². The zero-order chi connectivity index (χ0) is 19.6. The van der Waals surface area contributed by atoms with E-state index in [0.29, 0.717) is 5.82 Å². The number of pyridine rings is 3. The summed E-state index contributed by atoms with van der Waals surface area (Å²) in [5.74, 6) is 0.783. The Balaban J connectivity index is 1.38. The van der Waals surface area contributed by atoms with Gasteiger partial charge in [-0.1, -0.05) is 0 Å². The highest BCUT2D eigenvalue weighted by atomic mass is 16.5. The van der Waals surface area contributed by atoms with E-state index in [4.69, 9.17) is 4.74 Å². The first-order valence-electron chi connectivity index (χ1n) is 10.1. The Morgan fingerprint density at radius 1 is 1.03 bits per heavy atom. The number of hydrogen-bond acceptors (Lipinski definition) is 6. The zero-order valence-electron chi connectivity index (χ0n) is 16.2. The quantitative estimate of drug-likeness (QED) is 0.723. The molecule has 2 fully saturated rings. The van der Waals surface area contributed by atoms with Gasteiger partial charge >= 0.3 is 0 Å². The van der Waals surface area contributed by atoms with E-state index in [-0.39, 0.29) is 11.8 Å². The summed E-state index contributed by atoms with van der Waals surface area (Å²) in [6, 6.07) is 6.13.